The molecular weight excluding hydrogens is 198 g/mol. The molecular formula is C13H13N3. The van der Waals surface area contributed by atoms with E-state index in [1.165, 1.54) is 17.7 Å². The third kappa shape index (κ3) is 1.54. The van der Waals surface area contributed by atoms with Crippen molar-refractivity contribution in [2.75, 3.05) is 5.73 Å². The Balaban J connectivity index is 2.03. The lowest BCUT2D eigenvalue weighted by molar-refractivity contribution is 0.900. The number of fused-ring (bicyclic) bond motifs is 1. The van der Waals surface area contributed by atoms with Crippen molar-refractivity contribution >= 4 is 5.69 Å². The molecule has 1 heterocycles. The fourth-order valence-electron chi connectivity index (χ4n) is 2.08. The highest BCUT2D eigenvalue weighted by Crippen LogP contribution is 2.23. The summed E-state index contributed by atoms with van der Waals surface area (Å²) in [6.07, 6.45) is 5.37. The molecule has 3 rings (SSSR count). The highest BCUT2D eigenvalue weighted by molar-refractivity contribution is 5.58. The first-order valence-electron chi connectivity index (χ1n) is 5.53. The lowest BCUT2D eigenvalue weighted by Gasteiger charge is -2.03. The zero-order valence-corrected chi connectivity index (χ0v) is 8.98. The Labute approximate surface area is 94.4 Å². The predicted octanol–water partition coefficient (Wildman–Crippen LogP) is 2.21. The fourth-order valence-corrected chi connectivity index (χ4v) is 2.08. The van der Waals surface area contributed by atoms with Crippen LogP contribution in [0.25, 0.3) is 11.4 Å². The van der Waals surface area contributed by atoms with Crippen molar-refractivity contribution in [3.8, 4) is 11.4 Å². The molecule has 0 atom stereocenters. The minimum absolute atomic E-state index is 0.768. The summed E-state index contributed by atoms with van der Waals surface area (Å²) in [6, 6.07) is 7.69. The Hall–Kier alpha value is -1.90. The number of anilines is 1. The summed E-state index contributed by atoms with van der Waals surface area (Å²) in [4.78, 5) is 9.00. The summed E-state index contributed by atoms with van der Waals surface area (Å²) < 4.78 is 0. The van der Waals surface area contributed by atoms with E-state index in [0.717, 1.165) is 29.9 Å². The number of hydrogen-bond acceptors (Lipinski definition) is 3. The van der Waals surface area contributed by atoms with Crippen LogP contribution in [0.15, 0.2) is 30.5 Å². The van der Waals surface area contributed by atoms with Crippen LogP contribution in [0, 0.1) is 0 Å². The number of nitrogens with two attached hydrogens (primary N) is 1. The SMILES string of the molecule is Nc1ccc(-c2ncc3c(n2)CCC3)cc1. The number of nitrogen functional groups attached to an aromatic ring is 1. The standard InChI is InChI=1S/C13H13N3/c14-11-6-4-9(5-7-11)13-15-8-10-2-1-3-12(10)16-13/h4-8H,1-3,14H2. The molecule has 0 amide bonds. The molecule has 1 aromatic heterocycles. The van der Waals surface area contributed by atoms with Crippen molar-refractivity contribution in [2.24, 2.45) is 0 Å². The maximum absolute atomic E-state index is 5.65. The summed E-state index contributed by atoms with van der Waals surface area (Å²) in [6.45, 7) is 0. The molecule has 16 heavy (non-hydrogen) atoms. The van der Waals surface area contributed by atoms with E-state index in [4.69, 9.17) is 5.73 Å². The molecule has 2 N–H and O–H groups in total. The van der Waals surface area contributed by atoms with Crippen molar-refractivity contribution < 1.29 is 0 Å². The minimum Gasteiger partial charge on any atom is -0.399 e. The second-order valence-electron chi connectivity index (χ2n) is 4.14. The van der Waals surface area contributed by atoms with Crippen LogP contribution in [0.3, 0.4) is 0 Å². The van der Waals surface area contributed by atoms with Gasteiger partial charge in [0.2, 0.25) is 0 Å². The van der Waals surface area contributed by atoms with Crippen molar-refractivity contribution in [2.45, 2.75) is 19.3 Å². The van der Waals surface area contributed by atoms with Crippen LogP contribution in [0.4, 0.5) is 5.69 Å². The average molecular weight is 211 g/mol. The van der Waals surface area contributed by atoms with Gasteiger partial charge in [-0.3, -0.25) is 0 Å². The monoisotopic (exact) mass is 211 g/mol. The Morgan fingerprint density at radius 1 is 1.06 bits per heavy atom. The van der Waals surface area contributed by atoms with Crippen LogP contribution < -0.4 is 5.73 Å². The molecule has 3 nitrogen and oxygen atoms in total. The van der Waals surface area contributed by atoms with Crippen LogP contribution in [-0.2, 0) is 12.8 Å². The molecule has 1 aliphatic carbocycles. The zero-order chi connectivity index (χ0) is 11.0. The number of aromatic nitrogens is 2. The van der Waals surface area contributed by atoms with Gasteiger partial charge in [-0.2, -0.15) is 0 Å². The normalized spacial score (nSPS) is 13.8. The lowest BCUT2D eigenvalue weighted by atomic mass is 10.2. The summed E-state index contributed by atoms with van der Waals surface area (Å²) in [5.41, 5.74) is 9.97. The number of benzene rings is 1. The predicted molar refractivity (Wildman–Crippen MR) is 63.9 cm³/mol. The molecule has 3 heteroatoms. The first-order valence-corrected chi connectivity index (χ1v) is 5.53. The molecule has 2 aromatic rings. The summed E-state index contributed by atoms with van der Waals surface area (Å²) in [5, 5.41) is 0. The lowest BCUT2D eigenvalue weighted by Crippen LogP contribution is -1.95. The van der Waals surface area contributed by atoms with Gasteiger partial charge in [0.25, 0.3) is 0 Å². The number of rotatable bonds is 1. The molecule has 0 unspecified atom stereocenters. The molecule has 80 valence electrons. The van der Waals surface area contributed by atoms with Crippen LogP contribution in [-0.4, -0.2) is 9.97 Å². The molecule has 0 saturated carbocycles. The van der Waals surface area contributed by atoms with E-state index < -0.39 is 0 Å². The van der Waals surface area contributed by atoms with E-state index in [2.05, 4.69) is 9.97 Å². The van der Waals surface area contributed by atoms with Crippen molar-refractivity contribution in [3.63, 3.8) is 0 Å². The Morgan fingerprint density at radius 3 is 2.69 bits per heavy atom. The van der Waals surface area contributed by atoms with Crippen LogP contribution in [0.1, 0.15) is 17.7 Å². The van der Waals surface area contributed by atoms with Crippen LogP contribution in [0.5, 0.6) is 0 Å². The molecule has 0 saturated heterocycles. The topological polar surface area (TPSA) is 51.8 Å². The van der Waals surface area contributed by atoms with E-state index in [1.54, 1.807) is 0 Å². The number of nitrogens with zero attached hydrogens (tertiary/aromatic N) is 2. The van der Waals surface area contributed by atoms with Crippen molar-refractivity contribution in [1.29, 1.82) is 0 Å². The first-order chi connectivity index (χ1) is 7.83. The van der Waals surface area contributed by atoms with Crippen LogP contribution >= 0.6 is 0 Å². The maximum atomic E-state index is 5.65. The average Bonchev–Trinajstić information content (AvgIpc) is 2.77. The fraction of sp³-hybridized carbons (Fsp3) is 0.231. The maximum Gasteiger partial charge on any atom is 0.159 e. The molecule has 0 bridgehead atoms. The van der Waals surface area contributed by atoms with Gasteiger partial charge in [-0.25, -0.2) is 9.97 Å². The van der Waals surface area contributed by atoms with E-state index >= 15 is 0 Å². The van der Waals surface area contributed by atoms with Gasteiger partial charge in [-0.1, -0.05) is 0 Å². The Bertz CT molecular complexity index is 517. The third-order valence-corrected chi connectivity index (χ3v) is 2.98. The van der Waals surface area contributed by atoms with Crippen molar-refractivity contribution in [1.82, 2.24) is 9.97 Å². The van der Waals surface area contributed by atoms with Gasteiger partial charge in [0, 0.05) is 23.1 Å². The van der Waals surface area contributed by atoms with Gasteiger partial charge in [0.15, 0.2) is 5.82 Å². The molecule has 1 aliphatic rings. The highest BCUT2D eigenvalue weighted by Gasteiger charge is 2.13. The van der Waals surface area contributed by atoms with E-state index in [1.807, 2.05) is 30.5 Å². The summed E-state index contributed by atoms with van der Waals surface area (Å²) >= 11 is 0. The number of hydrogen-bond donors (Lipinski definition) is 1. The Morgan fingerprint density at radius 2 is 1.88 bits per heavy atom. The van der Waals surface area contributed by atoms with Crippen LogP contribution in [0.2, 0.25) is 0 Å². The van der Waals surface area contributed by atoms with Gasteiger partial charge < -0.3 is 5.73 Å². The molecule has 0 spiro atoms. The highest BCUT2D eigenvalue weighted by atomic mass is 14.9. The van der Waals surface area contributed by atoms with Gasteiger partial charge in [-0.05, 0) is 49.1 Å². The summed E-state index contributed by atoms with van der Waals surface area (Å²) in [7, 11) is 0. The quantitative estimate of drug-likeness (QED) is 0.736. The molecule has 0 aliphatic heterocycles. The molecule has 1 aromatic carbocycles. The van der Waals surface area contributed by atoms with Gasteiger partial charge in [0.1, 0.15) is 0 Å². The smallest absolute Gasteiger partial charge is 0.159 e. The van der Waals surface area contributed by atoms with E-state index in [-0.39, 0.29) is 0 Å². The largest absolute Gasteiger partial charge is 0.399 e. The second-order valence-corrected chi connectivity index (χ2v) is 4.14. The van der Waals surface area contributed by atoms with E-state index in [0.29, 0.717) is 0 Å². The van der Waals surface area contributed by atoms with Gasteiger partial charge in [0.05, 0.1) is 0 Å². The summed E-state index contributed by atoms with van der Waals surface area (Å²) in [5.74, 6) is 0.806. The van der Waals surface area contributed by atoms with Gasteiger partial charge in [-0.15, -0.1) is 0 Å². The first kappa shape index (κ1) is 9.33. The molecule has 0 radical (unpaired) electrons. The van der Waals surface area contributed by atoms with Gasteiger partial charge >= 0.3 is 0 Å². The third-order valence-electron chi connectivity index (χ3n) is 2.98. The minimum atomic E-state index is 0.768. The zero-order valence-electron chi connectivity index (χ0n) is 8.98. The van der Waals surface area contributed by atoms with Crippen molar-refractivity contribution in [3.05, 3.63) is 41.7 Å². The Kier molecular flexibility index (Phi) is 2.10. The van der Waals surface area contributed by atoms with E-state index in [9.17, 15) is 0 Å². The number of aryl methyl sites for hydroxylation is 2. The molecule has 0 fully saturated rings. The second kappa shape index (κ2) is 3.59.